The van der Waals surface area contributed by atoms with Gasteiger partial charge in [-0.2, -0.15) is 0 Å². The van der Waals surface area contributed by atoms with Gasteiger partial charge in [0, 0.05) is 16.6 Å². The Kier molecular flexibility index (Phi) is 4.39. The molecular formula is C25H25NS. The summed E-state index contributed by atoms with van der Waals surface area (Å²) in [6, 6.07) is 19.8. The molecule has 0 unspecified atom stereocenters. The molecule has 0 atom stereocenters. The van der Waals surface area contributed by atoms with Crippen LogP contribution < -0.4 is 0 Å². The molecule has 0 saturated carbocycles. The molecule has 0 fully saturated rings. The summed E-state index contributed by atoms with van der Waals surface area (Å²) in [5.74, 6) is 0. The molecule has 0 radical (unpaired) electrons. The summed E-state index contributed by atoms with van der Waals surface area (Å²) >= 11 is 1.83. The van der Waals surface area contributed by atoms with Crippen molar-refractivity contribution in [2.75, 3.05) is 0 Å². The lowest BCUT2D eigenvalue weighted by Gasteiger charge is -2.19. The van der Waals surface area contributed by atoms with E-state index in [9.17, 15) is 0 Å². The highest BCUT2D eigenvalue weighted by Crippen LogP contribution is 2.38. The summed E-state index contributed by atoms with van der Waals surface area (Å²) < 4.78 is 1.24. The zero-order valence-corrected chi connectivity index (χ0v) is 17.4. The molecule has 136 valence electrons. The molecule has 2 aromatic heterocycles. The van der Waals surface area contributed by atoms with E-state index in [2.05, 4.69) is 89.2 Å². The van der Waals surface area contributed by atoms with E-state index in [1.165, 1.54) is 42.8 Å². The molecule has 4 aromatic rings. The number of hydrogen-bond donors (Lipinski definition) is 0. The number of nitrogens with zero attached hydrogens (tertiary/aromatic N) is 1. The second kappa shape index (κ2) is 6.61. The SMILES string of the molecule is Cc1cccc(C)c1-c1cc2cc(-c3cccc(C(C)(C)C)c3)ncc2s1. The number of aromatic nitrogens is 1. The molecule has 0 spiro atoms. The highest BCUT2D eigenvalue weighted by molar-refractivity contribution is 7.22. The molecule has 27 heavy (non-hydrogen) atoms. The van der Waals surface area contributed by atoms with E-state index < -0.39 is 0 Å². The standard InChI is InChI=1S/C25H25NS/c1-16-8-6-9-17(2)24(16)22-14-19-13-21(26-15-23(19)27-22)18-10-7-11-20(12-18)25(3,4)5/h6-15H,1-5H3. The van der Waals surface area contributed by atoms with Gasteiger partial charge in [0.2, 0.25) is 0 Å². The molecular weight excluding hydrogens is 346 g/mol. The van der Waals surface area contributed by atoms with Gasteiger partial charge >= 0.3 is 0 Å². The van der Waals surface area contributed by atoms with Gasteiger partial charge in [0.25, 0.3) is 0 Å². The third-order valence-corrected chi connectivity index (χ3v) is 6.26. The molecule has 4 rings (SSSR count). The zero-order chi connectivity index (χ0) is 19.2. The van der Waals surface area contributed by atoms with E-state index in [4.69, 9.17) is 4.98 Å². The average Bonchev–Trinajstić information content (AvgIpc) is 3.03. The molecule has 1 nitrogen and oxygen atoms in total. The van der Waals surface area contributed by atoms with Gasteiger partial charge in [0.1, 0.15) is 0 Å². The first-order valence-corrected chi connectivity index (χ1v) is 10.2. The number of aryl methyl sites for hydroxylation is 2. The Morgan fingerprint density at radius 3 is 2.26 bits per heavy atom. The van der Waals surface area contributed by atoms with Crippen molar-refractivity contribution in [2.45, 2.75) is 40.0 Å². The molecule has 0 bridgehead atoms. The van der Waals surface area contributed by atoms with Crippen LogP contribution in [0.2, 0.25) is 0 Å². The third-order valence-electron chi connectivity index (χ3n) is 5.16. The van der Waals surface area contributed by atoms with Crippen LogP contribution in [0, 0.1) is 13.8 Å². The molecule has 2 aromatic carbocycles. The monoisotopic (exact) mass is 371 g/mol. The van der Waals surface area contributed by atoms with E-state index in [0.29, 0.717) is 0 Å². The Hall–Kier alpha value is -2.45. The normalized spacial score (nSPS) is 11.9. The lowest BCUT2D eigenvalue weighted by Crippen LogP contribution is -2.10. The topological polar surface area (TPSA) is 12.9 Å². The number of rotatable bonds is 2. The molecule has 0 aliphatic heterocycles. The molecule has 0 saturated heterocycles. The fraction of sp³-hybridized carbons (Fsp3) is 0.240. The minimum atomic E-state index is 0.137. The molecule has 0 aliphatic rings. The Balaban J connectivity index is 1.80. The smallest absolute Gasteiger partial charge is 0.0709 e. The largest absolute Gasteiger partial charge is 0.255 e. The van der Waals surface area contributed by atoms with Crippen molar-refractivity contribution in [3.8, 4) is 21.7 Å². The maximum atomic E-state index is 4.76. The average molecular weight is 372 g/mol. The van der Waals surface area contributed by atoms with Gasteiger partial charge in [-0.3, -0.25) is 4.98 Å². The fourth-order valence-electron chi connectivity index (χ4n) is 3.57. The van der Waals surface area contributed by atoms with Crippen LogP contribution in [0.4, 0.5) is 0 Å². The van der Waals surface area contributed by atoms with Crippen LogP contribution in [-0.4, -0.2) is 4.98 Å². The quantitative estimate of drug-likeness (QED) is 0.354. The van der Waals surface area contributed by atoms with Crippen molar-refractivity contribution >= 4 is 21.4 Å². The van der Waals surface area contributed by atoms with Crippen LogP contribution in [-0.2, 0) is 5.41 Å². The van der Waals surface area contributed by atoms with Crippen molar-refractivity contribution in [3.63, 3.8) is 0 Å². The lowest BCUT2D eigenvalue weighted by molar-refractivity contribution is 0.590. The van der Waals surface area contributed by atoms with E-state index in [1.54, 1.807) is 0 Å². The van der Waals surface area contributed by atoms with E-state index in [0.717, 1.165) is 5.69 Å². The Bertz CT molecular complexity index is 1110. The molecule has 2 heterocycles. The predicted octanol–water partition coefficient (Wildman–Crippen LogP) is 7.54. The first-order valence-electron chi connectivity index (χ1n) is 9.40. The number of thiophene rings is 1. The summed E-state index contributed by atoms with van der Waals surface area (Å²) in [6.45, 7) is 11.1. The van der Waals surface area contributed by atoms with E-state index in [1.807, 2.05) is 17.5 Å². The van der Waals surface area contributed by atoms with Crippen LogP contribution in [0.25, 0.3) is 31.8 Å². The lowest BCUT2D eigenvalue weighted by atomic mass is 9.86. The van der Waals surface area contributed by atoms with Crippen molar-refractivity contribution in [3.05, 3.63) is 77.5 Å². The minimum absolute atomic E-state index is 0.137. The number of pyridine rings is 1. The predicted molar refractivity (Wildman–Crippen MR) is 119 cm³/mol. The zero-order valence-electron chi connectivity index (χ0n) is 16.6. The maximum absolute atomic E-state index is 4.76. The van der Waals surface area contributed by atoms with Crippen LogP contribution in [0.5, 0.6) is 0 Å². The molecule has 0 aliphatic carbocycles. The Morgan fingerprint density at radius 1 is 0.852 bits per heavy atom. The van der Waals surface area contributed by atoms with Crippen molar-refractivity contribution in [1.29, 1.82) is 0 Å². The summed E-state index contributed by atoms with van der Waals surface area (Å²) in [5.41, 5.74) is 7.71. The van der Waals surface area contributed by atoms with E-state index >= 15 is 0 Å². The van der Waals surface area contributed by atoms with Gasteiger partial charge in [-0.15, -0.1) is 11.3 Å². The molecule has 2 heteroatoms. The van der Waals surface area contributed by atoms with Crippen LogP contribution in [0.1, 0.15) is 37.5 Å². The first-order chi connectivity index (χ1) is 12.8. The van der Waals surface area contributed by atoms with Gasteiger partial charge in [-0.25, -0.2) is 0 Å². The number of hydrogen-bond acceptors (Lipinski definition) is 2. The second-order valence-corrected chi connectivity index (χ2v) is 9.40. The Labute approximate surface area is 165 Å². The van der Waals surface area contributed by atoms with Crippen molar-refractivity contribution in [2.24, 2.45) is 0 Å². The summed E-state index contributed by atoms with van der Waals surface area (Å²) in [6.07, 6.45) is 2.02. The molecule has 0 amide bonds. The highest BCUT2D eigenvalue weighted by Gasteiger charge is 2.15. The van der Waals surface area contributed by atoms with Crippen LogP contribution >= 0.6 is 11.3 Å². The summed E-state index contributed by atoms with van der Waals surface area (Å²) in [7, 11) is 0. The second-order valence-electron chi connectivity index (χ2n) is 8.32. The van der Waals surface area contributed by atoms with Gasteiger partial charge < -0.3 is 0 Å². The van der Waals surface area contributed by atoms with Crippen molar-refractivity contribution in [1.82, 2.24) is 4.98 Å². The third kappa shape index (κ3) is 3.42. The van der Waals surface area contributed by atoms with Crippen LogP contribution in [0.3, 0.4) is 0 Å². The van der Waals surface area contributed by atoms with Gasteiger partial charge in [0.15, 0.2) is 0 Å². The number of benzene rings is 2. The van der Waals surface area contributed by atoms with Crippen LogP contribution in [0.15, 0.2) is 60.8 Å². The minimum Gasteiger partial charge on any atom is -0.255 e. The van der Waals surface area contributed by atoms with Crippen molar-refractivity contribution < 1.29 is 0 Å². The molecule has 0 N–H and O–H groups in total. The summed E-state index contributed by atoms with van der Waals surface area (Å²) in [4.78, 5) is 6.08. The Morgan fingerprint density at radius 2 is 1.56 bits per heavy atom. The fourth-order valence-corrected chi connectivity index (χ4v) is 4.76. The first kappa shape index (κ1) is 17.9. The van der Waals surface area contributed by atoms with Gasteiger partial charge in [-0.05, 0) is 65.1 Å². The summed E-state index contributed by atoms with van der Waals surface area (Å²) in [5, 5.41) is 1.27. The van der Waals surface area contributed by atoms with Gasteiger partial charge in [-0.1, -0.05) is 57.2 Å². The number of fused-ring (bicyclic) bond motifs is 1. The maximum Gasteiger partial charge on any atom is 0.0709 e. The van der Waals surface area contributed by atoms with E-state index in [-0.39, 0.29) is 5.41 Å². The highest BCUT2D eigenvalue weighted by atomic mass is 32.1. The van der Waals surface area contributed by atoms with Gasteiger partial charge in [0.05, 0.1) is 10.4 Å².